The summed E-state index contributed by atoms with van der Waals surface area (Å²) in [5.74, 6) is 0.468. The van der Waals surface area contributed by atoms with Gasteiger partial charge in [0.1, 0.15) is 5.75 Å². The Morgan fingerprint density at radius 2 is 1.28 bits per heavy atom. The second-order valence-electron chi connectivity index (χ2n) is 7.70. The first-order valence-corrected chi connectivity index (χ1v) is 11.5. The number of aryl methyl sites for hydroxylation is 2. The number of hydrogen-bond acceptors (Lipinski definition) is 3. The van der Waals surface area contributed by atoms with Crippen molar-refractivity contribution in [1.82, 2.24) is 0 Å². The van der Waals surface area contributed by atoms with E-state index in [2.05, 4.69) is 5.32 Å². The summed E-state index contributed by atoms with van der Waals surface area (Å²) in [5.41, 5.74) is 6.35. The standard InChI is InChI=1S/C28H25NO2S/c1-19-10-9-11-20(2)27(19)29-26(30)18-32-23-16-24(21-12-5-3-6-13-21)28(31)25(17-23)22-14-7-4-8-15-22/h3-17,31H,18H2,1-2H3,(H,29,30). The Morgan fingerprint density at radius 3 is 1.78 bits per heavy atom. The number of carbonyl (C=O) groups is 1. The molecule has 4 aromatic carbocycles. The zero-order valence-corrected chi connectivity index (χ0v) is 18.9. The van der Waals surface area contributed by atoms with E-state index in [9.17, 15) is 9.90 Å². The van der Waals surface area contributed by atoms with Crippen LogP contribution in [-0.4, -0.2) is 16.8 Å². The number of para-hydroxylation sites is 1. The summed E-state index contributed by atoms with van der Waals surface area (Å²) in [6.07, 6.45) is 0. The molecule has 4 rings (SSSR count). The van der Waals surface area contributed by atoms with Gasteiger partial charge in [0.25, 0.3) is 0 Å². The molecular weight excluding hydrogens is 414 g/mol. The van der Waals surface area contributed by atoms with Crippen LogP contribution in [0, 0.1) is 13.8 Å². The summed E-state index contributed by atoms with van der Waals surface area (Å²) in [5, 5.41) is 14.1. The molecule has 2 N–H and O–H groups in total. The minimum atomic E-state index is -0.0528. The fourth-order valence-electron chi connectivity index (χ4n) is 3.70. The molecule has 3 nitrogen and oxygen atoms in total. The highest BCUT2D eigenvalue weighted by Crippen LogP contribution is 2.41. The third kappa shape index (κ3) is 4.87. The molecule has 4 heteroatoms. The predicted molar refractivity (Wildman–Crippen MR) is 134 cm³/mol. The molecule has 0 aliphatic heterocycles. The van der Waals surface area contributed by atoms with Crippen molar-refractivity contribution < 1.29 is 9.90 Å². The molecule has 0 atom stereocenters. The lowest BCUT2D eigenvalue weighted by Gasteiger charge is -2.14. The average molecular weight is 440 g/mol. The molecule has 0 heterocycles. The Kier molecular flexibility index (Phi) is 6.62. The average Bonchev–Trinajstić information content (AvgIpc) is 2.82. The molecule has 0 saturated carbocycles. The van der Waals surface area contributed by atoms with E-state index >= 15 is 0 Å². The Morgan fingerprint density at radius 1 is 0.781 bits per heavy atom. The highest BCUT2D eigenvalue weighted by atomic mass is 32.2. The van der Waals surface area contributed by atoms with Gasteiger partial charge >= 0.3 is 0 Å². The zero-order chi connectivity index (χ0) is 22.5. The molecule has 4 aromatic rings. The van der Waals surface area contributed by atoms with Gasteiger partial charge in [-0.1, -0.05) is 78.9 Å². The molecule has 0 aliphatic rings. The quantitative estimate of drug-likeness (QED) is 0.316. The molecule has 0 spiro atoms. The monoisotopic (exact) mass is 439 g/mol. The number of benzene rings is 4. The van der Waals surface area contributed by atoms with Crippen molar-refractivity contribution in [1.29, 1.82) is 0 Å². The number of anilines is 1. The van der Waals surface area contributed by atoms with Gasteiger partial charge in [0.15, 0.2) is 0 Å². The van der Waals surface area contributed by atoms with E-state index in [1.807, 2.05) is 105 Å². The Bertz CT molecular complexity index is 1160. The molecule has 32 heavy (non-hydrogen) atoms. The third-order valence-corrected chi connectivity index (χ3v) is 6.34. The molecule has 0 aliphatic carbocycles. The van der Waals surface area contributed by atoms with E-state index in [0.717, 1.165) is 44.0 Å². The number of carbonyl (C=O) groups excluding carboxylic acids is 1. The first kappa shape index (κ1) is 21.7. The largest absolute Gasteiger partial charge is 0.507 e. The van der Waals surface area contributed by atoms with Crippen LogP contribution in [0.1, 0.15) is 11.1 Å². The second-order valence-corrected chi connectivity index (χ2v) is 8.75. The van der Waals surface area contributed by atoms with Gasteiger partial charge in [-0.25, -0.2) is 0 Å². The molecule has 0 radical (unpaired) electrons. The van der Waals surface area contributed by atoms with Gasteiger partial charge in [-0.2, -0.15) is 0 Å². The number of thioether (sulfide) groups is 1. The van der Waals surface area contributed by atoms with Crippen LogP contribution in [0.3, 0.4) is 0 Å². The van der Waals surface area contributed by atoms with Crippen LogP contribution in [0.2, 0.25) is 0 Å². The smallest absolute Gasteiger partial charge is 0.234 e. The van der Waals surface area contributed by atoms with Crippen LogP contribution in [0.5, 0.6) is 5.75 Å². The summed E-state index contributed by atoms with van der Waals surface area (Å²) in [6, 6.07) is 29.5. The topological polar surface area (TPSA) is 49.3 Å². The molecule has 0 aromatic heterocycles. The highest BCUT2D eigenvalue weighted by Gasteiger charge is 2.15. The van der Waals surface area contributed by atoms with Crippen molar-refractivity contribution in [2.45, 2.75) is 18.7 Å². The zero-order valence-electron chi connectivity index (χ0n) is 18.1. The fraction of sp³-hybridized carbons (Fsp3) is 0.107. The van der Waals surface area contributed by atoms with E-state index in [1.54, 1.807) is 0 Å². The first-order valence-electron chi connectivity index (χ1n) is 10.5. The van der Waals surface area contributed by atoms with Crippen LogP contribution in [0.15, 0.2) is 95.9 Å². The van der Waals surface area contributed by atoms with Crippen molar-refractivity contribution in [3.05, 3.63) is 102 Å². The highest BCUT2D eigenvalue weighted by molar-refractivity contribution is 8.00. The van der Waals surface area contributed by atoms with Crippen molar-refractivity contribution in [2.24, 2.45) is 0 Å². The lowest BCUT2D eigenvalue weighted by atomic mass is 9.97. The van der Waals surface area contributed by atoms with Gasteiger partial charge in [-0.05, 0) is 48.2 Å². The Balaban J connectivity index is 1.63. The van der Waals surface area contributed by atoms with E-state index in [0.29, 0.717) is 0 Å². The maximum atomic E-state index is 12.7. The summed E-state index contributed by atoms with van der Waals surface area (Å²) >= 11 is 1.46. The molecule has 160 valence electrons. The van der Waals surface area contributed by atoms with Crippen LogP contribution in [-0.2, 0) is 4.79 Å². The Hall–Kier alpha value is -3.50. The normalized spacial score (nSPS) is 10.7. The molecule has 0 unspecified atom stereocenters. The van der Waals surface area contributed by atoms with Crippen LogP contribution in [0.25, 0.3) is 22.3 Å². The van der Waals surface area contributed by atoms with Crippen molar-refractivity contribution in [2.75, 3.05) is 11.1 Å². The molecule has 0 saturated heterocycles. The summed E-state index contributed by atoms with van der Waals surface area (Å²) < 4.78 is 0. The molecule has 1 amide bonds. The van der Waals surface area contributed by atoms with E-state index < -0.39 is 0 Å². The van der Waals surface area contributed by atoms with Crippen LogP contribution < -0.4 is 5.32 Å². The third-order valence-electron chi connectivity index (χ3n) is 5.37. The lowest BCUT2D eigenvalue weighted by molar-refractivity contribution is -0.113. The van der Waals surface area contributed by atoms with Gasteiger partial charge < -0.3 is 10.4 Å². The number of amides is 1. The number of phenols is 1. The van der Waals surface area contributed by atoms with E-state index in [1.165, 1.54) is 11.8 Å². The van der Waals surface area contributed by atoms with Crippen molar-refractivity contribution >= 4 is 23.4 Å². The number of rotatable bonds is 6. The lowest BCUT2D eigenvalue weighted by Crippen LogP contribution is -2.15. The second kappa shape index (κ2) is 9.75. The van der Waals surface area contributed by atoms with Gasteiger partial charge in [0.05, 0.1) is 5.75 Å². The minimum absolute atomic E-state index is 0.0528. The maximum Gasteiger partial charge on any atom is 0.234 e. The summed E-state index contributed by atoms with van der Waals surface area (Å²) in [6.45, 7) is 3.99. The number of hydrogen-bond donors (Lipinski definition) is 2. The number of phenolic OH excluding ortho intramolecular Hbond substituents is 1. The summed E-state index contributed by atoms with van der Waals surface area (Å²) in [4.78, 5) is 13.6. The van der Waals surface area contributed by atoms with Gasteiger partial charge in [0, 0.05) is 21.7 Å². The number of nitrogens with one attached hydrogen (secondary N) is 1. The fourth-order valence-corrected chi connectivity index (χ4v) is 4.48. The van der Waals surface area contributed by atoms with Gasteiger partial charge in [-0.3, -0.25) is 4.79 Å². The van der Waals surface area contributed by atoms with Gasteiger partial charge in [0.2, 0.25) is 5.91 Å². The predicted octanol–water partition coefficient (Wildman–Crippen LogP) is 7.07. The van der Waals surface area contributed by atoms with Crippen molar-refractivity contribution in [3.8, 4) is 28.0 Å². The SMILES string of the molecule is Cc1cccc(C)c1NC(=O)CSc1cc(-c2ccccc2)c(O)c(-c2ccccc2)c1. The van der Waals surface area contributed by atoms with Crippen LogP contribution >= 0.6 is 11.8 Å². The number of aromatic hydroxyl groups is 1. The van der Waals surface area contributed by atoms with Crippen molar-refractivity contribution in [3.63, 3.8) is 0 Å². The van der Waals surface area contributed by atoms with E-state index in [-0.39, 0.29) is 17.4 Å². The first-order chi connectivity index (χ1) is 15.5. The maximum absolute atomic E-state index is 12.7. The van der Waals surface area contributed by atoms with Gasteiger partial charge in [-0.15, -0.1) is 11.8 Å². The minimum Gasteiger partial charge on any atom is -0.507 e. The Labute approximate surface area is 193 Å². The molecule has 0 fully saturated rings. The van der Waals surface area contributed by atoms with Crippen LogP contribution in [0.4, 0.5) is 5.69 Å². The summed E-state index contributed by atoms with van der Waals surface area (Å²) in [7, 11) is 0. The molecule has 0 bridgehead atoms. The van der Waals surface area contributed by atoms with E-state index in [4.69, 9.17) is 0 Å². The molecular formula is C28H25NO2S.